The molecular weight excluding hydrogens is 927 g/mol. The quantitative estimate of drug-likeness (QED) is 0.0796. The number of ether oxygens (including phenoxy) is 3. The third kappa shape index (κ3) is 11.5. The molecule has 69 heavy (non-hydrogen) atoms. The van der Waals surface area contributed by atoms with Crippen molar-refractivity contribution < 1.29 is 51.4 Å². The van der Waals surface area contributed by atoms with E-state index < -0.39 is 45.4 Å². The molecule has 2 saturated heterocycles. The number of amides is 6. The number of nitrogens with one attached hydrogen (secondary N) is 3. The topological polar surface area (TPSA) is 213 Å². The molecule has 5 heterocycles. The number of anilines is 1. The van der Waals surface area contributed by atoms with Gasteiger partial charge in [0.1, 0.15) is 28.2 Å². The summed E-state index contributed by atoms with van der Waals surface area (Å²) in [7, 11) is -2.20. The molecule has 4 aliphatic heterocycles. The van der Waals surface area contributed by atoms with E-state index in [4.69, 9.17) is 14.2 Å². The summed E-state index contributed by atoms with van der Waals surface area (Å²) in [6.07, 6.45) is 2.40. The molecule has 4 aromatic rings. The van der Waals surface area contributed by atoms with Crippen LogP contribution in [0.25, 0.3) is 0 Å². The summed E-state index contributed by atoms with van der Waals surface area (Å²) < 4.78 is 42.5. The highest BCUT2D eigenvalue weighted by molar-refractivity contribution is 7.90. The van der Waals surface area contributed by atoms with Gasteiger partial charge >= 0.3 is 0 Å². The Morgan fingerprint density at radius 2 is 1.65 bits per heavy atom. The van der Waals surface area contributed by atoms with E-state index in [0.29, 0.717) is 67.5 Å². The molecule has 8 rings (SSSR count). The molecule has 366 valence electrons. The maximum Gasteiger partial charge on any atom is 0.264 e. The Balaban J connectivity index is 0.737. The van der Waals surface area contributed by atoms with Crippen molar-refractivity contribution >= 4 is 62.3 Å². The van der Waals surface area contributed by atoms with Crippen LogP contribution in [0.2, 0.25) is 0 Å². The Labute approximate surface area is 405 Å². The van der Waals surface area contributed by atoms with Gasteiger partial charge in [-0.15, -0.1) is 11.3 Å². The lowest BCUT2D eigenvalue weighted by atomic mass is 10.0. The maximum absolute atomic E-state index is 14.0. The van der Waals surface area contributed by atoms with Crippen molar-refractivity contribution in [2.24, 2.45) is 0 Å². The molecule has 1 unspecified atom stereocenters. The number of rotatable bonds is 21. The Hall–Kier alpha value is -6.19. The lowest BCUT2D eigenvalue weighted by molar-refractivity contribution is -0.137. The van der Waals surface area contributed by atoms with Crippen LogP contribution in [0, 0.1) is 0 Å². The van der Waals surface area contributed by atoms with Crippen LogP contribution in [0.15, 0.2) is 66.0 Å². The predicted molar refractivity (Wildman–Crippen MR) is 257 cm³/mol. The molecule has 3 aromatic carbocycles. The van der Waals surface area contributed by atoms with Gasteiger partial charge in [-0.3, -0.25) is 43.9 Å². The molecule has 4 aliphatic rings. The SMILES string of the molecule is CCOc1cc([C@@H](CS(C)(=O)=O)N2C(=O)c3cccc(NC(=O)CCCN4CCN(CCNCc5ccc(OCc6scc7c6CN(C6CCC(=O)NC6=O)C7=O)cc5)CC4)c3C2=O)ccc1OC. The van der Waals surface area contributed by atoms with Crippen LogP contribution < -0.4 is 30.2 Å². The number of hydrogen-bond acceptors (Lipinski definition) is 15. The second-order valence-corrected chi connectivity index (χ2v) is 20.7. The van der Waals surface area contributed by atoms with Crippen LogP contribution in [0.3, 0.4) is 0 Å². The van der Waals surface area contributed by atoms with Gasteiger partial charge in [0.05, 0.1) is 47.9 Å². The molecule has 0 spiro atoms. The van der Waals surface area contributed by atoms with Crippen molar-refractivity contribution in [2.45, 2.75) is 64.4 Å². The van der Waals surface area contributed by atoms with E-state index in [1.165, 1.54) is 24.5 Å². The molecule has 0 radical (unpaired) electrons. The maximum atomic E-state index is 14.0. The molecule has 20 heteroatoms. The zero-order valence-electron chi connectivity index (χ0n) is 38.9. The van der Waals surface area contributed by atoms with E-state index in [2.05, 4.69) is 25.8 Å². The summed E-state index contributed by atoms with van der Waals surface area (Å²) in [5, 5.41) is 10.5. The minimum absolute atomic E-state index is 0.0279. The highest BCUT2D eigenvalue weighted by Crippen LogP contribution is 2.39. The number of piperazine rings is 1. The fourth-order valence-corrected chi connectivity index (χ4v) is 11.1. The first-order valence-corrected chi connectivity index (χ1v) is 26.1. The Bertz CT molecular complexity index is 2720. The fraction of sp³-hybridized carbons (Fsp3) is 0.429. The standard InChI is InChI=1S/C49H57N7O11S2/c1-4-66-41-25-32(12-16-40(41)65-2)39(30-69(3,63)64)56-48(61)34-7-5-8-37(45(34)49(56)62)51-43(57)9-6-19-53-21-23-54(24-22-53)20-18-50-26-31-10-13-33(14-11-31)67-28-42-35-27-55(47(60)36(35)29-68-42)38-15-17-44(58)52-46(38)59/h5,7-8,10-14,16,25,29,38-39,50H,4,6,9,15,17-24,26-28,30H2,1-3H3,(H,51,57)(H,52,58,59)/t38?,39-/m1/s1. The third-order valence-electron chi connectivity index (χ3n) is 12.8. The molecular formula is C49H57N7O11S2. The highest BCUT2D eigenvalue weighted by atomic mass is 32.2. The van der Waals surface area contributed by atoms with Gasteiger partial charge < -0.3 is 34.6 Å². The number of sulfone groups is 1. The number of piperidine rings is 1. The predicted octanol–water partition coefficient (Wildman–Crippen LogP) is 4.00. The Morgan fingerprint density at radius 1 is 0.899 bits per heavy atom. The first-order valence-electron chi connectivity index (χ1n) is 23.1. The van der Waals surface area contributed by atoms with Crippen LogP contribution >= 0.6 is 11.3 Å². The van der Waals surface area contributed by atoms with Gasteiger partial charge in [-0.25, -0.2) is 8.42 Å². The van der Waals surface area contributed by atoms with Crippen LogP contribution in [-0.2, 0) is 43.9 Å². The van der Waals surface area contributed by atoms with Crippen LogP contribution in [0.5, 0.6) is 17.2 Å². The minimum Gasteiger partial charge on any atom is -0.493 e. The number of fused-ring (bicyclic) bond motifs is 2. The summed E-state index contributed by atoms with van der Waals surface area (Å²) in [4.78, 5) is 86.4. The molecule has 6 amide bonds. The van der Waals surface area contributed by atoms with E-state index in [1.54, 1.807) is 42.2 Å². The van der Waals surface area contributed by atoms with Gasteiger partial charge in [-0.05, 0) is 73.8 Å². The van der Waals surface area contributed by atoms with E-state index in [9.17, 15) is 37.2 Å². The lowest BCUT2D eigenvalue weighted by Crippen LogP contribution is -2.52. The van der Waals surface area contributed by atoms with Crippen LogP contribution in [-0.4, -0.2) is 141 Å². The van der Waals surface area contributed by atoms with Gasteiger partial charge in [0.2, 0.25) is 17.7 Å². The summed E-state index contributed by atoms with van der Waals surface area (Å²) in [6, 6.07) is 15.6. The normalized spacial score (nSPS) is 18.0. The molecule has 2 atom stereocenters. The van der Waals surface area contributed by atoms with Crippen molar-refractivity contribution in [1.29, 1.82) is 0 Å². The second-order valence-electron chi connectivity index (χ2n) is 17.6. The Kier molecular flexibility index (Phi) is 15.4. The smallest absolute Gasteiger partial charge is 0.264 e. The van der Waals surface area contributed by atoms with E-state index in [-0.39, 0.29) is 47.4 Å². The zero-order valence-corrected chi connectivity index (χ0v) is 40.5. The lowest BCUT2D eigenvalue weighted by Gasteiger charge is -2.34. The number of nitrogens with zero attached hydrogens (tertiary/aromatic N) is 4. The fourth-order valence-electron chi connectivity index (χ4n) is 9.23. The second kappa shape index (κ2) is 21.6. The zero-order chi connectivity index (χ0) is 48.8. The molecule has 18 nitrogen and oxygen atoms in total. The summed E-state index contributed by atoms with van der Waals surface area (Å²) >= 11 is 1.47. The van der Waals surface area contributed by atoms with Crippen molar-refractivity contribution in [2.75, 3.05) is 76.9 Å². The first-order chi connectivity index (χ1) is 33.2. The van der Waals surface area contributed by atoms with Crippen molar-refractivity contribution in [3.05, 3.63) is 104 Å². The summed E-state index contributed by atoms with van der Waals surface area (Å²) in [5.41, 5.74) is 3.30. The van der Waals surface area contributed by atoms with Gasteiger partial charge in [-0.2, -0.15) is 0 Å². The average Bonchev–Trinajstić information content (AvgIpc) is 3.96. The average molecular weight is 984 g/mol. The van der Waals surface area contributed by atoms with Crippen molar-refractivity contribution in [3.63, 3.8) is 0 Å². The molecule has 0 aliphatic carbocycles. The van der Waals surface area contributed by atoms with Crippen LogP contribution in [0.4, 0.5) is 5.69 Å². The van der Waals surface area contributed by atoms with Gasteiger partial charge in [0.25, 0.3) is 17.7 Å². The van der Waals surface area contributed by atoms with Crippen molar-refractivity contribution in [3.8, 4) is 17.2 Å². The number of hydrogen-bond donors (Lipinski definition) is 3. The summed E-state index contributed by atoms with van der Waals surface area (Å²) in [6.45, 7) is 9.45. The number of imide groups is 2. The molecule has 1 aromatic heterocycles. The first kappa shape index (κ1) is 49.2. The monoisotopic (exact) mass is 983 g/mol. The minimum atomic E-state index is -3.68. The largest absolute Gasteiger partial charge is 0.493 e. The third-order valence-corrected chi connectivity index (χ3v) is 14.7. The number of benzene rings is 3. The van der Waals surface area contributed by atoms with E-state index in [0.717, 1.165) is 73.0 Å². The van der Waals surface area contributed by atoms with E-state index >= 15 is 0 Å². The number of thiophene rings is 1. The summed E-state index contributed by atoms with van der Waals surface area (Å²) in [5.74, 6) is -1.58. The number of carbonyl (C=O) groups is 6. The van der Waals surface area contributed by atoms with Gasteiger partial charge in [0, 0.05) is 87.3 Å². The van der Waals surface area contributed by atoms with Gasteiger partial charge in [-0.1, -0.05) is 24.3 Å². The molecule has 3 N–H and O–H groups in total. The molecule has 2 fully saturated rings. The number of carbonyl (C=O) groups excluding carboxylic acids is 6. The van der Waals surface area contributed by atoms with Crippen molar-refractivity contribution in [1.82, 2.24) is 30.2 Å². The Morgan fingerprint density at radius 3 is 2.36 bits per heavy atom. The molecule has 0 saturated carbocycles. The van der Waals surface area contributed by atoms with Crippen LogP contribution in [0.1, 0.15) is 91.3 Å². The van der Waals surface area contributed by atoms with Gasteiger partial charge in [0.15, 0.2) is 11.5 Å². The highest BCUT2D eigenvalue weighted by Gasteiger charge is 2.44. The van der Waals surface area contributed by atoms with E-state index in [1.807, 2.05) is 29.6 Å². The number of methoxy groups -OCH3 is 1. The molecule has 0 bridgehead atoms.